The summed E-state index contributed by atoms with van der Waals surface area (Å²) in [5.41, 5.74) is 0.208. The number of H-pyrrole nitrogens is 1. The molecule has 0 fully saturated rings. The van der Waals surface area contributed by atoms with Gasteiger partial charge in [-0.2, -0.15) is 0 Å². The highest BCUT2D eigenvalue weighted by Gasteiger charge is 2.31. The van der Waals surface area contributed by atoms with E-state index in [4.69, 9.17) is 4.74 Å². The Bertz CT molecular complexity index is 769. The SMILES string of the molecule is COC(=O)C(C)(C)c1ccc(N(C)c2cc(Br)c[nH]c2=O)nc1. The second-order valence-electron chi connectivity index (χ2n) is 5.61. The molecule has 122 valence electrons. The molecule has 0 saturated heterocycles. The molecule has 0 aromatic carbocycles. The topological polar surface area (TPSA) is 75.3 Å². The lowest BCUT2D eigenvalue weighted by Crippen LogP contribution is -2.30. The van der Waals surface area contributed by atoms with Gasteiger partial charge in [-0.1, -0.05) is 6.07 Å². The van der Waals surface area contributed by atoms with E-state index in [0.29, 0.717) is 11.5 Å². The maximum atomic E-state index is 11.9. The number of aromatic nitrogens is 2. The van der Waals surface area contributed by atoms with Crippen molar-refractivity contribution >= 4 is 33.4 Å². The van der Waals surface area contributed by atoms with E-state index in [0.717, 1.165) is 10.0 Å². The second kappa shape index (κ2) is 6.54. The third-order valence-corrected chi connectivity index (χ3v) is 4.18. The first kappa shape index (κ1) is 17.2. The number of anilines is 2. The van der Waals surface area contributed by atoms with Crippen molar-refractivity contribution in [1.82, 2.24) is 9.97 Å². The average molecular weight is 380 g/mol. The number of nitrogens with one attached hydrogen (secondary N) is 1. The summed E-state index contributed by atoms with van der Waals surface area (Å²) in [6, 6.07) is 5.29. The van der Waals surface area contributed by atoms with Crippen LogP contribution in [0.1, 0.15) is 19.4 Å². The molecule has 0 atom stereocenters. The van der Waals surface area contributed by atoms with Gasteiger partial charge in [-0.05, 0) is 47.5 Å². The molecule has 0 saturated carbocycles. The smallest absolute Gasteiger partial charge is 0.315 e. The molecular weight excluding hydrogens is 362 g/mol. The van der Waals surface area contributed by atoms with E-state index >= 15 is 0 Å². The van der Waals surface area contributed by atoms with Crippen LogP contribution in [-0.4, -0.2) is 30.1 Å². The quantitative estimate of drug-likeness (QED) is 0.826. The summed E-state index contributed by atoms with van der Waals surface area (Å²) in [4.78, 5) is 32.5. The van der Waals surface area contributed by atoms with Crippen LogP contribution in [0.2, 0.25) is 0 Å². The fraction of sp³-hybridized carbons (Fsp3) is 0.312. The number of hydrogen-bond donors (Lipinski definition) is 1. The van der Waals surface area contributed by atoms with Crippen LogP contribution in [0.3, 0.4) is 0 Å². The number of carbonyl (C=O) groups is 1. The van der Waals surface area contributed by atoms with Gasteiger partial charge in [0.15, 0.2) is 0 Å². The maximum Gasteiger partial charge on any atom is 0.315 e. The summed E-state index contributed by atoms with van der Waals surface area (Å²) < 4.78 is 5.58. The molecule has 6 nitrogen and oxygen atoms in total. The van der Waals surface area contributed by atoms with Crippen LogP contribution in [0, 0.1) is 0 Å². The second-order valence-corrected chi connectivity index (χ2v) is 6.53. The Morgan fingerprint density at radius 2 is 2.09 bits per heavy atom. The Morgan fingerprint density at radius 3 is 2.65 bits per heavy atom. The van der Waals surface area contributed by atoms with Crippen LogP contribution in [0.25, 0.3) is 0 Å². The molecule has 0 aliphatic rings. The van der Waals surface area contributed by atoms with Crippen molar-refractivity contribution in [2.75, 3.05) is 19.1 Å². The van der Waals surface area contributed by atoms with Gasteiger partial charge >= 0.3 is 5.97 Å². The molecule has 1 N–H and O–H groups in total. The van der Waals surface area contributed by atoms with E-state index in [-0.39, 0.29) is 11.5 Å². The Hall–Kier alpha value is -2.15. The molecule has 0 aliphatic carbocycles. The molecule has 0 aliphatic heterocycles. The van der Waals surface area contributed by atoms with Crippen molar-refractivity contribution in [2.45, 2.75) is 19.3 Å². The fourth-order valence-corrected chi connectivity index (χ4v) is 2.48. The Balaban J connectivity index is 2.34. The van der Waals surface area contributed by atoms with Gasteiger partial charge in [0.05, 0.1) is 12.5 Å². The van der Waals surface area contributed by atoms with E-state index < -0.39 is 5.41 Å². The number of rotatable bonds is 4. The largest absolute Gasteiger partial charge is 0.468 e. The number of hydrogen-bond acceptors (Lipinski definition) is 5. The van der Waals surface area contributed by atoms with Gasteiger partial charge in [0.25, 0.3) is 5.56 Å². The Morgan fingerprint density at radius 1 is 1.39 bits per heavy atom. The number of carbonyl (C=O) groups excluding carboxylic acids is 1. The van der Waals surface area contributed by atoms with Crippen molar-refractivity contribution in [2.24, 2.45) is 0 Å². The van der Waals surface area contributed by atoms with Crippen molar-refractivity contribution < 1.29 is 9.53 Å². The molecule has 23 heavy (non-hydrogen) atoms. The molecule has 0 spiro atoms. The first-order valence-corrected chi connectivity index (χ1v) is 7.73. The number of nitrogens with zero attached hydrogens (tertiary/aromatic N) is 2. The van der Waals surface area contributed by atoms with Gasteiger partial charge in [0, 0.05) is 23.9 Å². The number of halogens is 1. The summed E-state index contributed by atoms with van der Waals surface area (Å²) in [5.74, 6) is 0.266. The van der Waals surface area contributed by atoms with Gasteiger partial charge in [-0.25, -0.2) is 4.98 Å². The molecule has 0 unspecified atom stereocenters. The maximum absolute atomic E-state index is 11.9. The lowest BCUT2D eigenvalue weighted by molar-refractivity contribution is -0.146. The normalized spacial score (nSPS) is 11.2. The Labute approximate surface area is 142 Å². The van der Waals surface area contributed by atoms with Crippen molar-refractivity contribution in [3.63, 3.8) is 0 Å². The number of ether oxygens (including phenoxy) is 1. The Kier molecular flexibility index (Phi) is 4.89. The van der Waals surface area contributed by atoms with E-state index in [2.05, 4.69) is 25.9 Å². The zero-order valence-corrected chi connectivity index (χ0v) is 15.0. The van der Waals surface area contributed by atoms with Gasteiger partial charge in [0.2, 0.25) is 0 Å². The van der Waals surface area contributed by atoms with Crippen LogP contribution in [0.5, 0.6) is 0 Å². The number of aromatic amines is 1. The summed E-state index contributed by atoms with van der Waals surface area (Å²) in [7, 11) is 3.11. The van der Waals surface area contributed by atoms with Crippen molar-refractivity contribution in [3.05, 3.63) is 51.0 Å². The monoisotopic (exact) mass is 379 g/mol. The lowest BCUT2D eigenvalue weighted by Gasteiger charge is -2.23. The minimum Gasteiger partial charge on any atom is -0.468 e. The highest BCUT2D eigenvalue weighted by atomic mass is 79.9. The molecule has 0 amide bonds. The molecular formula is C16H18BrN3O3. The van der Waals surface area contributed by atoms with E-state index in [1.807, 2.05) is 6.07 Å². The van der Waals surface area contributed by atoms with Crippen LogP contribution in [0.15, 0.2) is 39.9 Å². The first-order valence-electron chi connectivity index (χ1n) is 6.94. The molecule has 2 heterocycles. The van der Waals surface area contributed by atoms with Crippen LogP contribution < -0.4 is 10.5 Å². The first-order chi connectivity index (χ1) is 10.8. The molecule has 0 bridgehead atoms. The molecule has 2 rings (SSSR count). The van der Waals surface area contributed by atoms with Crippen molar-refractivity contribution in [3.8, 4) is 0 Å². The van der Waals surface area contributed by atoms with E-state index in [1.165, 1.54) is 7.11 Å². The highest BCUT2D eigenvalue weighted by Crippen LogP contribution is 2.27. The van der Waals surface area contributed by atoms with E-state index in [1.54, 1.807) is 50.3 Å². The van der Waals surface area contributed by atoms with Crippen molar-refractivity contribution in [1.29, 1.82) is 0 Å². The predicted molar refractivity (Wildman–Crippen MR) is 92.1 cm³/mol. The van der Waals surface area contributed by atoms with Crippen LogP contribution >= 0.6 is 15.9 Å². The minimum atomic E-state index is -0.786. The molecule has 2 aromatic heterocycles. The third kappa shape index (κ3) is 3.44. The number of methoxy groups -OCH3 is 1. The molecule has 0 radical (unpaired) electrons. The number of pyridine rings is 2. The summed E-state index contributed by atoms with van der Waals surface area (Å²) in [6.45, 7) is 3.55. The van der Waals surface area contributed by atoms with Gasteiger partial charge in [-0.15, -0.1) is 0 Å². The summed E-state index contributed by atoms with van der Waals surface area (Å²) >= 11 is 3.33. The highest BCUT2D eigenvalue weighted by molar-refractivity contribution is 9.10. The van der Waals surface area contributed by atoms with Gasteiger partial charge in [0.1, 0.15) is 11.5 Å². The molecule has 2 aromatic rings. The van der Waals surface area contributed by atoms with Gasteiger partial charge in [-0.3, -0.25) is 9.59 Å². The van der Waals surface area contributed by atoms with Crippen LogP contribution in [0.4, 0.5) is 11.5 Å². The lowest BCUT2D eigenvalue weighted by atomic mass is 9.86. The molecule has 7 heteroatoms. The summed E-state index contributed by atoms with van der Waals surface area (Å²) in [5, 5.41) is 0. The predicted octanol–water partition coefficient (Wildman–Crippen LogP) is 2.75. The minimum absolute atomic E-state index is 0.212. The average Bonchev–Trinajstić information content (AvgIpc) is 2.55. The van der Waals surface area contributed by atoms with E-state index in [9.17, 15) is 9.59 Å². The third-order valence-electron chi connectivity index (χ3n) is 3.72. The fourth-order valence-electron chi connectivity index (χ4n) is 2.15. The van der Waals surface area contributed by atoms with Gasteiger partial charge < -0.3 is 14.6 Å². The zero-order chi connectivity index (χ0) is 17.2. The van der Waals surface area contributed by atoms with Crippen LogP contribution in [-0.2, 0) is 14.9 Å². The number of esters is 1. The zero-order valence-electron chi connectivity index (χ0n) is 13.4. The standard InChI is InChI=1S/C16H18BrN3O3/c1-16(2,15(22)23-4)10-5-6-13(18-8-10)20(3)12-7-11(17)9-19-14(12)21/h5-9H,1-4H3,(H,19,21). The summed E-state index contributed by atoms with van der Waals surface area (Å²) in [6.07, 6.45) is 3.20.